The molecule has 0 amide bonds. The van der Waals surface area contributed by atoms with E-state index in [2.05, 4.69) is 233 Å². The number of ether oxygens (including phenoxy) is 2. The van der Waals surface area contributed by atoms with Crippen LogP contribution in [0.3, 0.4) is 0 Å². The van der Waals surface area contributed by atoms with Crippen molar-refractivity contribution in [3.8, 4) is 57.4 Å². The largest absolute Gasteiger partial charge is 0.496 e. The molecule has 3 aromatic heterocycles. The van der Waals surface area contributed by atoms with Crippen molar-refractivity contribution in [3.05, 3.63) is 170 Å². The smallest absolute Gasteiger partial charge is 0.335 e. The highest BCUT2D eigenvalue weighted by molar-refractivity contribution is 5.96. The minimum atomic E-state index is -0.993. The minimum absolute atomic E-state index is 0.193. The summed E-state index contributed by atoms with van der Waals surface area (Å²) in [5.41, 5.74) is 17.7. The number of H-pyrrole nitrogens is 2. The summed E-state index contributed by atoms with van der Waals surface area (Å²) in [5.74, 6) is 15.1. The Hall–Kier alpha value is -8.53. The van der Waals surface area contributed by atoms with Gasteiger partial charge in [-0.25, -0.2) is 14.8 Å². The predicted molar refractivity (Wildman–Crippen MR) is 388 cm³/mol. The van der Waals surface area contributed by atoms with Crippen molar-refractivity contribution in [2.24, 2.45) is 0 Å². The number of aromatic nitrogens is 4. The third kappa shape index (κ3) is 16.0. The van der Waals surface area contributed by atoms with E-state index >= 15 is 0 Å². The van der Waals surface area contributed by atoms with E-state index in [1.54, 1.807) is 38.5 Å². The third-order valence-corrected chi connectivity index (χ3v) is 17.7. The fourth-order valence-corrected chi connectivity index (χ4v) is 12.5. The quantitative estimate of drug-likeness (QED) is 0.0514. The van der Waals surface area contributed by atoms with E-state index in [1.165, 1.54) is 82.7 Å². The molecule has 5 heterocycles. The molecule has 9 rings (SSSR count). The number of rotatable bonds is 20. The maximum Gasteiger partial charge on any atom is 0.335 e. The molecule has 7 aromatic rings. The molecule has 9 heteroatoms. The number of aromatic carboxylic acids is 1. The normalized spacial score (nSPS) is 12.3. The second-order valence-electron chi connectivity index (χ2n) is 29.2. The van der Waals surface area contributed by atoms with Crippen molar-refractivity contribution >= 4 is 58.0 Å². The van der Waals surface area contributed by atoms with Gasteiger partial charge in [-0.2, -0.15) is 0 Å². The van der Waals surface area contributed by atoms with Gasteiger partial charge in [0.2, 0.25) is 0 Å². The zero-order valence-corrected chi connectivity index (χ0v) is 58.0. The Labute approximate surface area is 549 Å². The molecular weight excluding hydrogens is 1130 g/mol. The number of carboxylic acids is 1. The Balaban J connectivity index is 1.35. The van der Waals surface area contributed by atoms with Crippen LogP contribution in [0.2, 0.25) is 0 Å². The number of hydrogen-bond donors (Lipinski definition) is 3. The van der Waals surface area contributed by atoms with Crippen molar-refractivity contribution in [2.75, 3.05) is 32.2 Å². The molecular formula is C83H99N5O4. The highest BCUT2D eigenvalue weighted by Gasteiger charge is 2.31. The summed E-state index contributed by atoms with van der Waals surface area (Å²) >= 11 is 0. The topological polar surface area (TPSA) is 116 Å². The van der Waals surface area contributed by atoms with Crippen LogP contribution in [0, 0.1) is 23.7 Å². The van der Waals surface area contributed by atoms with Crippen molar-refractivity contribution in [3.63, 3.8) is 0 Å². The minimum Gasteiger partial charge on any atom is -0.496 e. The zero-order valence-electron chi connectivity index (χ0n) is 58.0. The second kappa shape index (κ2) is 29.0. The Morgan fingerprint density at radius 1 is 0.446 bits per heavy atom. The lowest BCUT2D eigenvalue weighted by Crippen LogP contribution is -2.25. The Kier molecular flexibility index (Phi) is 21.4. The van der Waals surface area contributed by atoms with Gasteiger partial charge in [0.25, 0.3) is 0 Å². The molecule has 0 spiro atoms. The standard InChI is InChI=1S/C83H99N5O4/c1-17-19-21-23-25-27-49-88(50-28-26-24-22-20-18-2)60-37-31-56(32-38-60)34-40-62-69-43-47-73(86-69)75(58-51-63(80(3,4)5)77(91-15)64(52-58)81(6,7)8)71-45-41-67(84-71)61(39-33-55-29-35-57(36-30-55)79(89)90)68-42-46-72(85-68)76(74-48-44-70(62)87-74)59-53-65(82(9,10)11)78(92-16)66(54-59)83(12,13)14/h29-32,35-38,41-48,51-54,84,87H,17-28,49-50H2,1-16H3,(H,89,90). The van der Waals surface area contributed by atoms with Crippen LogP contribution in [0.15, 0.2) is 97.1 Å². The molecule has 9 nitrogen and oxygen atoms in total. The van der Waals surface area contributed by atoms with E-state index in [1.807, 2.05) is 0 Å². The van der Waals surface area contributed by atoms with E-state index in [4.69, 9.17) is 19.4 Å². The molecule has 480 valence electrons. The molecule has 0 unspecified atom stereocenters. The van der Waals surface area contributed by atoms with Gasteiger partial charge in [-0.3, -0.25) is 0 Å². The lowest BCUT2D eigenvalue weighted by molar-refractivity contribution is 0.0696. The highest BCUT2D eigenvalue weighted by atomic mass is 16.5. The van der Waals surface area contributed by atoms with Crippen LogP contribution in [0.4, 0.5) is 5.69 Å². The summed E-state index contributed by atoms with van der Waals surface area (Å²) < 4.78 is 12.7. The first-order chi connectivity index (χ1) is 43.8. The van der Waals surface area contributed by atoms with E-state index < -0.39 is 5.97 Å². The van der Waals surface area contributed by atoms with Crippen LogP contribution in [-0.2, 0) is 21.7 Å². The van der Waals surface area contributed by atoms with Crippen LogP contribution >= 0.6 is 0 Å². The van der Waals surface area contributed by atoms with Crippen LogP contribution in [0.25, 0.3) is 68.6 Å². The van der Waals surface area contributed by atoms with Crippen LogP contribution in [-0.4, -0.2) is 58.3 Å². The number of aromatic amines is 2. The molecule has 2 aliphatic heterocycles. The molecule has 4 aromatic carbocycles. The van der Waals surface area contributed by atoms with Gasteiger partial charge < -0.3 is 29.4 Å². The van der Waals surface area contributed by atoms with Gasteiger partial charge in [-0.1, -0.05) is 185 Å². The number of nitrogens with one attached hydrogen (secondary N) is 2. The third-order valence-electron chi connectivity index (χ3n) is 17.7. The lowest BCUT2D eigenvalue weighted by atomic mass is 9.77. The molecule has 8 bridgehead atoms. The molecule has 92 heavy (non-hydrogen) atoms. The zero-order chi connectivity index (χ0) is 66.1. The van der Waals surface area contributed by atoms with Gasteiger partial charge in [-0.05, 0) is 167 Å². The fourth-order valence-electron chi connectivity index (χ4n) is 12.5. The number of anilines is 1. The average molecular weight is 1230 g/mol. The van der Waals surface area contributed by atoms with E-state index in [0.717, 1.165) is 119 Å². The summed E-state index contributed by atoms with van der Waals surface area (Å²) in [6.45, 7) is 33.5. The molecule has 0 fully saturated rings. The summed E-state index contributed by atoms with van der Waals surface area (Å²) in [4.78, 5) is 33.6. The Bertz CT molecular complexity index is 4010. The van der Waals surface area contributed by atoms with Crippen molar-refractivity contribution in [1.29, 1.82) is 0 Å². The predicted octanol–water partition coefficient (Wildman–Crippen LogP) is 21.2. The summed E-state index contributed by atoms with van der Waals surface area (Å²) in [6.07, 6.45) is 23.7. The molecule has 0 saturated carbocycles. The first-order valence-corrected chi connectivity index (χ1v) is 33.7. The summed E-state index contributed by atoms with van der Waals surface area (Å²) in [7, 11) is 3.55. The lowest BCUT2D eigenvalue weighted by Gasteiger charge is -2.30. The van der Waals surface area contributed by atoms with Gasteiger partial charge in [-0.15, -0.1) is 0 Å². The average Bonchev–Trinajstić information content (AvgIpc) is 1.28. The number of carboxylic acid groups (broad SMARTS) is 1. The van der Waals surface area contributed by atoms with Crippen molar-refractivity contribution in [2.45, 2.75) is 196 Å². The SMILES string of the molecule is CCCCCCCCN(CCCCCCCC)c1ccc(C#Cc2c3nc(c(-c4cc(C(C)(C)C)c(OC)c(C(C)(C)C)c4)c4ccc([nH]4)c(C#Cc4ccc(C(=O)O)cc4)c4nc(c(-c5cc(C(C)(C)C)c(OC)c(C(C)(C)C)c5)c5ccc2[nH]5)C=C4)C=C3)cc1. The van der Waals surface area contributed by atoms with Crippen LogP contribution < -0.4 is 14.4 Å². The number of benzene rings is 4. The van der Waals surface area contributed by atoms with Crippen LogP contribution in [0.1, 0.15) is 252 Å². The monoisotopic (exact) mass is 1230 g/mol. The van der Waals surface area contributed by atoms with E-state index in [0.29, 0.717) is 16.8 Å². The molecule has 2 aliphatic rings. The van der Waals surface area contributed by atoms with Gasteiger partial charge >= 0.3 is 5.97 Å². The van der Waals surface area contributed by atoms with Gasteiger partial charge in [0.1, 0.15) is 11.5 Å². The van der Waals surface area contributed by atoms with Gasteiger partial charge in [0.15, 0.2) is 0 Å². The first kappa shape index (κ1) is 67.9. The van der Waals surface area contributed by atoms with Crippen LogP contribution in [0.5, 0.6) is 11.5 Å². The molecule has 0 saturated heterocycles. The van der Waals surface area contributed by atoms with E-state index in [9.17, 15) is 9.90 Å². The number of unbranched alkanes of at least 4 members (excludes halogenated alkanes) is 10. The summed E-state index contributed by atoms with van der Waals surface area (Å²) in [5, 5.41) is 9.77. The Morgan fingerprint density at radius 3 is 1.13 bits per heavy atom. The molecule has 0 atom stereocenters. The Morgan fingerprint density at radius 2 is 0.783 bits per heavy atom. The number of carbonyl (C=O) groups is 1. The maximum atomic E-state index is 11.9. The van der Waals surface area contributed by atoms with Crippen molar-refractivity contribution < 1.29 is 19.4 Å². The van der Waals surface area contributed by atoms with E-state index in [-0.39, 0.29) is 27.2 Å². The maximum absolute atomic E-state index is 11.9. The summed E-state index contributed by atoms with van der Waals surface area (Å²) in [6, 6.07) is 33.2. The number of methoxy groups -OCH3 is 2. The van der Waals surface area contributed by atoms with Crippen molar-refractivity contribution in [1.82, 2.24) is 19.9 Å². The van der Waals surface area contributed by atoms with Gasteiger partial charge in [0.05, 0.1) is 64.7 Å². The fraction of sp³-hybridized carbons (Fsp3) is 0.410. The molecule has 3 N–H and O–H groups in total. The second-order valence-corrected chi connectivity index (χ2v) is 29.2. The molecule has 0 radical (unpaired) electrons. The first-order valence-electron chi connectivity index (χ1n) is 33.7. The molecule has 0 aliphatic carbocycles. The highest BCUT2D eigenvalue weighted by Crippen LogP contribution is 2.47. The number of fused-ring (bicyclic) bond motifs is 8. The number of hydrogen-bond acceptors (Lipinski definition) is 6. The number of nitrogens with zero attached hydrogens (tertiary/aromatic N) is 3. The van der Waals surface area contributed by atoms with Gasteiger partial charge in [0, 0.05) is 74.3 Å².